The molecule has 0 aliphatic rings. The molecule has 3 N–H and O–H groups in total. The van der Waals surface area contributed by atoms with Crippen LogP contribution in [-0.2, 0) is 16.0 Å². The van der Waals surface area contributed by atoms with Crippen LogP contribution in [0.1, 0.15) is 16.3 Å². The molecule has 1 aromatic carbocycles. The first-order valence-corrected chi connectivity index (χ1v) is 11.2. The summed E-state index contributed by atoms with van der Waals surface area (Å²) in [6.45, 7) is 0.513. The molecule has 0 saturated carbocycles. The van der Waals surface area contributed by atoms with E-state index in [-0.39, 0.29) is 11.7 Å². The minimum Gasteiger partial charge on any atom is -0.542 e. The van der Waals surface area contributed by atoms with Crippen LogP contribution < -0.4 is 24.9 Å². The molecular formula is C25H19F7N4O5. The first kappa shape index (κ1) is 32.2. The lowest BCUT2D eigenvalue weighted by atomic mass is 10.1. The molecule has 218 valence electrons. The second-order valence-corrected chi connectivity index (χ2v) is 7.78. The Labute approximate surface area is 225 Å². The predicted octanol–water partition coefficient (Wildman–Crippen LogP) is 0.943. The Hall–Kier alpha value is -5.02. The minimum absolute atomic E-state index is 0.194. The average molecular weight is 588 g/mol. The van der Waals surface area contributed by atoms with E-state index in [1.165, 1.54) is 12.1 Å². The van der Waals surface area contributed by atoms with Gasteiger partial charge in [-0.3, -0.25) is 4.79 Å². The van der Waals surface area contributed by atoms with Crippen molar-refractivity contribution in [3.63, 3.8) is 0 Å². The Morgan fingerprint density at radius 1 is 0.854 bits per heavy atom. The van der Waals surface area contributed by atoms with E-state index >= 15 is 0 Å². The van der Waals surface area contributed by atoms with Gasteiger partial charge in [0.15, 0.2) is 23.1 Å². The number of aromatic amines is 2. The summed E-state index contributed by atoms with van der Waals surface area (Å²) in [7, 11) is 0. The standard InChI is InChI=1S/C21H17FN4O.2C2HF3O2/c22-16-9-7-15(8-10-16)19-18-6-2-4-14-26(18)20(25-19)21(27)24-13-11-17-5-1-3-12-23-17;2*3-2(4,5)1(6)7/h1-10,12,14H,11,13H2,(H,24,27);2*(H,6,7). The van der Waals surface area contributed by atoms with Crippen LogP contribution in [-0.4, -0.2) is 41.7 Å². The number of carboxylic acids is 2. The number of aromatic nitrogens is 3. The third-order valence-electron chi connectivity index (χ3n) is 4.86. The summed E-state index contributed by atoms with van der Waals surface area (Å²) in [4.78, 5) is 36.6. The third kappa shape index (κ3) is 9.90. The highest BCUT2D eigenvalue weighted by Crippen LogP contribution is 2.22. The average Bonchev–Trinajstić information content (AvgIpc) is 3.29. The highest BCUT2D eigenvalue weighted by molar-refractivity contribution is 5.91. The number of amides is 1. The van der Waals surface area contributed by atoms with Gasteiger partial charge in [0.25, 0.3) is 0 Å². The fourth-order valence-corrected chi connectivity index (χ4v) is 3.07. The van der Waals surface area contributed by atoms with Gasteiger partial charge in [0.05, 0.1) is 6.20 Å². The maximum absolute atomic E-state index is 13.2. The van der Waals surface area contributed by atoms with Crippen molar-refractivity contribution in [1.29, 1.82) is 0 Å². The summed E-state index contributed by atoms with van der Waals surface area (Å²) in [5, 5.41) is 20.5. The molecule has 0 saturated heterocycles. The summed E-state index contributed by atoms with van der Waals surface area (Å²) < 4.78 is 78.2. The van der Waals surface area contributed by atoms with E-state index in [2.05, 4.69) is 15.3 Å². The lowest BCUT2D eigenvalue weighted by Crippen LogP contribution is -2.37. The van der Waals surface area contributed by atoms with E-state index in [0.717, 1.165) is 22.5 Å². The Morgan fingerprint density at radius 3 is 1.93 bits per heavy atom. The number of nitrogens with zero attached hydrogens (tertiary/aromatic N) is 1. The van der Waals surface area contributed by atoms with Crippen molar-refractivity contribution >= 4 is 23.4 Å². The summed E-state index contributed by atoms with van der Waals surface area (Å²) in [6, 6.07) is 17.8. The van der Waals surface area contributed by atoms with Gasteiger partial charge in [-0.15, -0.1) is 0 Å². The zero-order valence-electron chi connectivity index (χ0n) is 20.5. The van der Waals surface area contributed by atoms with Crippen LogP contribution in [0.5, 0.6) is 0 Å². The second kappa shape index (κ2) is 13.9. The number of rotatable bonds is 5. The van der Waals surface area contributed by atoms with Crippen molar-refractivity contribution in [2.75, 3.05) is 6.54 Å². The van der Waals surface area contributed by atoms with Crippen LogP contribution in [0.2, 0.25) is 0 Å². The van der Waals surface area contributed by atoms with Gasteiger partial charge in [0.2, 0.25) is 0 Å². The van der Waals surface area contributed by atoms with Gasteiger partial charge in [0.1, 0.15) is 17.8 Å². The van der Waals surface area contributed by atoms with Crippen molar-refractivity contribution in [3.05, 3.63) is 90.4 Å². The summed E-state index contributed by atoms with van der Waals surface area (Å²) in [5.41, 5.74) is 3.50. The molecule has 0 bridgehead atoms. The normalized spacial score (nSPS) is 11.0. The largest absolute Gasteiger partial charge is 0.542 e. The highest BCUT2D eigenvalue weighted by Gasteiger charge is 2.29. The zero-order valence-corrected chi connectivity index (χ0v) is 20.5. The van der Waals surface area contributed by atoms with E-state index in [4.69, 9.17) is 19.8 Å². The number of carboxylic acid groups (broad SMARTS) is 2. The van der Waals surface area contributed by atoms with Crippen LogP contribution in [0.25, 0.3) is 16.8 Å². The Morgan fingerprint density at radius 2 is 1.41 bits per heavy atom. The van der Waals surface area contributed by atoms with E-state index in [1.807, 2.05) is 53.2 Å². The van der Waals surface area contributed by atoms with Gasteiger partial charge in [-0.25, -0.2) is 14.4 Å². The molecule has 0 atom stereocenters. The molecule has 0 radical (unpaired) electrons. The minimum atomic E-state index is -5.19. The van der Waals surface area contributed by atoms with E-state index in [1.54, 1.807) is 12.1 Å². The fraction of sp³-hybridized carbons (Fsp3) is 0.160. The number of carbonyl (C=O) groups is 3. The fourth-order valence-electron chi connectivity index (χ4n) is 3.07. The zero-order chi connectivity index (χ0) is 30.8. The molecule has 0 unspecified atom stereocenters. The first-order valence-electron chi connectivity index (χ1n) is 11.2. The van der Waals surface area contributed by atoms with Gasteiger partial charge < -0.3 is 25.1 Å². The first-order chi connectivity index (χ1) is 19.1. The highest BCUT2D eigenvalue weighted by atomic mass is 19.4. The molecule has 0 spiro atoms. The number of imidazole rings is 1. The molecule has 9 nitrogen and oxygen atoms in total. The molecule has 0 fully saturated rings. The third-order valence-corrected chi connectivity index (χ3v) is 4.86. The topological polar surface area (TPSA) is 143 Å². The molecule has 0 aliphatic carbocycles. The Kier molecular flexibility index (Phi) is 10.9. The number of H-pyrrole nitrogens is 2. The molecule has 1 amide bonds. The summed E-state index contributed by atoms with van der Waals surface area (Å²) in [6.07, 6.45) is -5.99. The van der Waals surface area contributed by atoms with Gasteiger partial charge in [-0.05, 0) is 36.4 Å². The van der Waals surface area contributed by atoms with Crippen molar-refractivity contribution < 1.29 is 64.7 Å². The smallest absolute Gasteiger partial charge is 0.430 e. The number of fused-ring (bicyclic) bond motifs is 1. The van der Waals surface area contributed by atoms with Crippen molar-refractivity contribution in [1.82, 2.24) is 10.3 Å². The molecule has 4 aromatic rings. The summed E-state index contributed by atoms with van der Waals surface area (Å²) >= 11 is 0. The number of halogens is 7. The van der Waals surface area contributed by atoms with E-state index in [0.29, 0.717) is 18.8 Å². The SMILES string of the molecule is O=C(NCCc1cccc[nH+]1)c1[nH]c(-c2ccc(F)cc2)c2cccc[n+]12.O=C([O-])C(F)(F)F.O=C([O-])C(F)(F)F. The number of hydrogen-bond acceptors (Lipinski definition) is 5. The molecule has 0 aliphatic heterocycles. The van der Waals surface area contributed by atoms with Crippen molar-refractivity contribution in [2.45, 2.75) is 18.8 Å². The number of pyridine rings is 2. The van der Waals surface area contributed by atoms with Crippen LogP contribution in [0.3, 0.4) is 0 Å². The van der Waals surface area contributed by atoms with E-state index in [9.17, 15) is 35.5 Å². The van der Waals surface area contributed by atoms with Gasteiger partial charge in [-0.1, -0.05) is 12.1 Å². The maximum Gasteiger partial charge on any atom is 0.430 e. The lowest BCUT2D eigenvalue weighted by molar-refractivity contribution is -0.513. The quantitative estimate of drug-likeness (QED) is 0.264. The number of hydrogen-bond donors (Lipinski definition) is 2. The van der Waals surface area contributed by atoms with Gasteiger partial charge in [-0.2, -0.15) is 30.7 Å². The molecule has 3 aromatic heterocycles. The molecule has 3 heterocycles. The van der Waals surface area contributed by atoms with Gasteiger partial charge >= 0.3 is 24.1 Å². The van der Waals surface area contributed by atoms with Crippen LogP contribution in [0.15, 0.2) is 73.1 Å². The number of alkyl halides is 6. The van der Waals surface area contributed by atoms with Crippen molar-refractivity contribution in [3.8, 4) is 11.3 Å². The van der Waals surface area contributed by atoms with Crippen molar-refractivity contribution in [2.24, 2.45) is 0 Å². The lowest BCUT2D eigenvalue weighted by Gasteiger charge is -2.03. The Balaban J connectivity index is 0.000000349. The predicted molar refractivity (Wildman–Crippen MR) is 121 cm³/mol. The number of aliphatic carboxylic acids is 2. The van der Waals surface area contributed by atoms with Crippen LogP contribution in [0.4, 0.5) is 30.7 Å². The van der Waals surface area contributed by atoms with E-state index < -0.39 is 24.3 Å². The van der Waals surface area contributed by atoms with Crippen LogP contribution >= 0.6 is 0 Å². The Bertz CT molecular complexity index is 1450. The molecular weight excluding hydrogens is 569 g/mol. The molecule has 4 rings (SSSR count). The summed E-state index contributed by atoms with van der Waals surface area (Å²) in [5.74, 6) is -6.07. The molecule has 16 heteroatoms. The van der Waals surface area contributed by atoms with Crippen LogP contribution in [0, 0.1) is 5.82 Å². The number of nitrogens with one attached hydrogen (secondary N) is 3. The molecule has 41 heavy (non-hydrogen) atoms. The maximum atomic E-state index is 13.2. The number of carbonyl (C=O) groups excluding carboxylic acids is 3. The monoisotopic (exact) mass is 588 g/mol. The number of benzene rings is 1. The second-order valence-electron chi connectivity index (χ2n) is 7.78. The van der Waals surface area contributed by atoms with Gasteiger partial charge in [0, 0.05) is 30.7 Å².